The molecule has 1 aromatic carbocycles. The molecule has 1 saturated heterocycles. The number of nitrogens with zero attached hydrogens (tertiary/aromatic N) is 4. The van der Waals surface area contributed by atoms with E-state index in [4.69, 9.17) is 11.6 Å². The largest absolute Gasteiger partial charge is 0.331 e. The summed E-state index contributed by atoms with van der Waals surface area (Å²) in [4.78, 5) is 25.9. The van der Waals surface area contributed by atoms with Crippen molar-refractivity contribution in [1.82, 2.24) is 25.2 Å². The molecule has 1 aromatic heterocycles. The van der Waals surface area contributed by atoms with Crippen molar-refractivity contribution in [3.8, 4) is 0 Å². The molecule has 0 radical (unpaired) electrons. The van der Waals surface area contributed by atoms with Gasteiger partial charge in [0.15, 0.2) is 5.69 Å². The number of carbonyl (C=O) groups is 2. The van der Waals surface area contributed by atoms with Crippen molar-refractivity contribution >= 4 is 29.1 Å². The summed E-state index contributed by atoms with van der Waals surface area (Å²) in [5, 5.41) is 14.6. The maximum absolute atomic E-state index is 12.5. The van der Waals surface area contributed by atoms with Crippen molar-refractivity contribution in [2.24, 2.45) is 0 Å². The molecule has 2 N–H and O–H groups in total. The van der Waals surface area contributed by atoms with Crippen LogP contribution in [0.25, 0.3) is 0 Å². The quantitative estimate of drug-likeness (QED) is 0.826. The molecule has 138 valence electrons. The van der Waals surface area contributed by atoms with E-state index < -0.39 is 0 Å². The number of likely N-dealkylation sites (N-methyl/N-ethyl adjacent to an activating group) is 1. The number of benzene rings is 1. The number of hydrogen-bond donors (Lipinski definition) is 2. The minimum atomic E-state index is -0.341. The summed E-state index contributed by atoms with van der Waals surface area (Å²) in [6.45, 7) is 1.76. The van der Waals surface area contributed by atoms with Gasteiger partial charge in [0.1, 0.15) is 0 Å². The van der Waals surface area contributed by atoms with Gasteiger partial charge in [0.2, 0.25) is 5.91 Å². The third kappa shape index (κ3) is 4.59. The molecular weight excluding hydrogens is 356 g/mol. The van der Waals surface area contributed by atoms with Crippen LogP contribution in [0.2, 0.25) is 5.02 Å². The van der Waals surface area contributed by atoms with Gasteiger partial charge in [-0.15, -0.1) is 5.10 Å². The van der Waals surface area contributed by atoms with Crippen LogP contribution in [0, 0.1) is 0 Å². The maximum atomic E-state index is 12.5. The second-order valence-corrected chi connectivity index (χ2v) is 6.72. The van der Waals surface area contributed by atoms with E-state index in [1.165, 1.54) is 4.90 Å². The molecule has 1 aliphatic heterocycles. The van der Waals surface area contributed by atoms with E-state index in [0.717, 1.165) is 25.9 Å². The topological polar surface area (TPSA) is 92.2 Å². The Kier molecular flexibility index (Phi) is 5.85. The summed E-state index contributed by atoms with van der Waals surface area (Å²) in [7, 11) is 1.56. The molecule has 0 spiro atoms. The van der Waals surface area contributed by atoms with Crippen LogP contribution in [0.4, 0.5) is 5.69 Å². The molecule has 2 aromatic rings. The first-order valence-electron chi connectivity index (χ1n) is 8.46. The third-order valence-electron chi connectivity index (χ3n) is 4.25. The lowest BCUT2D eigenvalue weighted by atomic mass is 10.1. The first-order valence-corrected chi connectivity index (χ1v) is 8.84. The first kappa shape index (κ1) is 18.3. The van der Waals surface area contributed by atoms with Crippen LogP contribution in [0.15, 0.2) is 30.5 Å². The number of piperidine rings is 1. The van der Waals surface area contributed by atoms with Gasteiger partial charge in [-0.05, 0) is 44.1 Å². The SMILES string of the molecule is CN(CC(=O)Nc1cccc(Cl)c1)C(=O)c1cn(C2CCNCC2)nn1. The Morgan fingerprint density at radius 1 is 1.38 bits per heavy atom. The van der Waals surface area contributed by atoms with Gasteiger partial charge in [0.05, 0.1) is 18.8 Å². The highest BCUT2D eigenvalue weighted by Crippen LogP contribution is 2.17. The van der Waals surface area contributed by atoms with Gasteiger partial charge in [-0.25, -0.2) is 4.68 Å². The zero-order chi connectivity index (χ0) is 18.5. The zero-order valence-corrected chi connectivity index (χ0v) is 15.2. The average Bonchev–Trinajstić information content (AvgIpc) is 3.11. The van der Waals surface area contributed by atoms with Gasteiger partial charge >= 0.3 is 0 Å². The average molecular weight is 377 g/mol. The summed E-state index contributed by atoms with van der Waals surface area (Å²) in [6, 6.07) is 7.09. The van der Waals surface area contributed by atoms with Crippen molar-refractivity contribution in [1.29, 1.82) is 0 Å². The van der Waals surface area contributed by atoms with Crippen LogP contribution in [0.5, 0.6) is 0 Å². The Labute approximate surface area is 156 Å². The second kappa shape index (κ2) is 8.29. The Hall–Kier alpha value is -2.45. The normalized spacial score (nSPS) is 14.8. The van der Waals surface area contributed by atoms with Crippen LogP contribution in [0.3, 0.4) is 0 Å². The Balaban J connectivity index is 1.57. The summed E-state index contributed by atoms with van der Waals surface area (Å²) in [5.41, 5.74) is 0.821. The Bertz CT molecular complexity index is 787. The highest BCUT2D eigenvalue weighted by Gasteiger charge is 2.21. The van der Waals surface area contributed by atoms with Gasteiger partial charge in [-0.1, -0.05) is 22.9 Å². The predicted octanol–water partition coefficient (Wildman–Crippen LogP) is 1.57. The molecule has 9 heteroatoms. The molecule has 0 atom stereocenters. The third-order valence-corrected chi connectivity index (χ3v) is 4.48. The number of amides is 2. The summed E-state index contributed by atoms with van der Waals surface area (Å²) < 4.78 is 1.74. The molecule has 8 nitrogen and oxygen atoms in total. The second-order valence-electron chi connectivity index (χ2n) is 6.28. The van der Waals surface area contributed by atoms with Crippen molar-refractivity contribution in [2.45, 2.75) is 18.9 Å². The molecule has 2 heterocycles. The Morgan fingerprint density at radius 2 is 2.15 bits per heavy atom. The molecule has 0 unspecified atom stereocenters. The van der Waals surface area contributed by atoms with Gasteiger partial charge in [0, 0.05) is 17.8 Å². The molecule has 2 amide bonds. The minimum Gasteiger partial charge on any atom is -0.331 e. The smallest absolute Gasteiger partial charge is 0.276 e. The van der Waals surface area contributed by atoms with E-state index in [9.17, 15) is 9.59 Å². The van der Waals surface area contributed by atoms with E-state index in [1.54, 1.807) is 42.2 Å². The lowest BCUT2D eigenvalue weighted by Crippen LogP contribution is -2.35. The van der Waals surface area contributed by atoms with Crippen LogP contribution >= 0.6 is 11.6 Å². The number of hydrogen-bond acceptors (Lipinski definition) is 5. The molecule has 0 bridgehead atoms. The van der Waals surface area contributed by atoms with Crippen LogP contribution < -0.4 is 10.6 Å². The first-order chi connectivity index (χ1) is 12.5. The van der Waals surface area contributed by atoms with E-state index in [2.05, 4.69) is 20.9 Å². The van der Waals surface area contributed by atoms with E-state index in [-0.39, 0.29) is 30.1 Å². The number of rotatable bonds is 5. The molecule has 1 aliphatic rings. The molecule has 3 rings (SSSR count). The summed E-state index contributed by atoms with van der Waals surface area (Å²) >= 11 is 5.89. The van der Waals surface area contributed by atoms with Gasteiger partial charge in [-0.3, -0.25) is 9.59 Å². The molecule has 1 fully saturated rings. The molecule has 0 aliphatic carbocycles. The van der Waals surface area contributed by atoms with Crippen LogP contribution in [0.1, 0.15) is 29.4 Å². The standard InChI is InChI=1S/C17H21ClN6O2/c1-23(11-16(25)20-13-4-2-3-12(18)9-13)17(26)15-10-24(22-21-15)14-5-7-19-8-6-14/h2-4,9-10,14,19H,5-8,11H2,1H3,(H,20,25). The molecule has 26 heavy (non-hydrogen) atoms. The maximum Gasteiger partial charge on any atom is 0.276 e. The number of carbonyl (C=O) groups excluding carboxylic acids is 2. The highest BCUT2D eigenvalue weighted by atomic mass is 35.5. The zero-order valence-electron chi connectivity index (χ0n) is 14.5. The van der Waals surface area contributed by atoms with Gasteiger partial charge in [0.25, 0.3) is 5.91 Å². The summed E-state index contributed by atoms with van der Waals surface area (Å²) in [5.74, 6) is -0.653. The lowest BCUT2D eigenvalue weighted by molar-refractivity contribution is -0.116. The molecular formula is C17H21ClN6O2. The highest BCUT2D eigenvalue weighted by molar-refractivity contribution is 6.30. The molecule has 0 saturated carbocycles. The van der Waals surface area contributed by atoms with Crippen molar-refractivity contribution < 1.29 is 9.59 Å². The van der Waals surface area contributed by atoms with Crippen molar-refractivity contribution in [3.05, 3.63) is 41.2 Å². The van der Waals surface area contributed by atoms with Crippen LogP contribution in [-0.4, -0.2) is 58.4 Å². The number of nitrogens with one attached hydrogen (secondary N) is 2. The minimum absolute atomic E-state index is 0.0917. The van der Waals surface area contributed by atoms with Crippen LogP contribution in [-0.2, 0) is 4.79 Å². The summed E-state index contributed by atoms with van der Waals surface area (Å²) in [6.07, 6.45) is 3.56. The lowest BCUT2D eigenvalue weighted by Gasteiger charge is -2.22. The fraction of sp³-hybridized carbons (Fsp3) is 0.412. The van der Waals surface area contributed by atoms with E-state index in [1.807, 2.05) is 0 Å². The fourth-order valence-corrected chi connectivity index (χ4v) is 3.06. The predicted molar refractivity (Wildman–Crippen MR) is 98.2 cm³/mol. The van der Waals surface area contributed by atoms with Crippen molar-refractivity contribution in [2.75, 3.05) is 32.0 Å². The van der Waals surface area contributed by atoms with Crippen molar-refractivity contribution in [3.63, 3.8) is 0 Å². The number of halogens is 1. The number of anilines is 1. The fourth-order valence-electron chi connectivity index (χ4n) is 2.87. The number of aromatic nitrogens is 3. The van der Waals surface area contributed by atoms with Gasteiger partial charge in [-0.2, -0.15) is 0 Å². The van der Waals surface area contributed by atoms with E-state index >= 15 is 0 Å². The van der Waals surface area contributed by atoms with Gasteiger partial charge < -0.3 is 15.5 Å². The van der Waals surface area contributed by atoms with E-state index in [0.29, 0.717) is 10.7 Å². The Morgan fingerprint density at radius 3 is 2.88 bits per heavy atom. The monoisotopic (exact) mass is 376 g/mol.